The van der Waals surface area contributed by atoms with E-state index in [4.69, 9.17) is 0 Å². The zero-order chi connectivity index (χ0) is 11.9. The number of hydrogen-bond donors (Lipinski definition) is 2. The highest BCUT2D eigenvalue weighted by atomic mass is 16.3. The van der Waals surface area contributed by atoms with Crippen molar-refractivity contribution < 1.29 is 10.2 Å². The standard InChI is InChI=1S/C13H26O2/c1-12(2,3)10(14)9-7-6-8-13(4,5)11(9)15/h9-11,14-15H,6-8H2,1-5H3. The number of aliphatic hydroxyl groups excluding tert-OH is 2. The molecular weight excluding hydrogens is 188 g/mol. The second kappa shape index (κ2) is 4.06. The smallest absolute Gasteiger partial charge is 0.0644 e. The average Bonchev–Trinajstić information content (AvgIpc) is 2.07. The van der Waals surface area contributed by atoms with Gasteiger partial charge in [0.1, 0.15) is 0 Å². The molecule has 0 radical (unpaired) electrons. The summed E-state index contributed by atoms with van der Waals surface area (Å²) in [5, 5.41) is 20.5. The van der Waals surface area contributed by atoms with Crippen LogP contribution in [0.15, 0.2) is 0 Å². The van der Waals surface area contributed by atoms with Crippen molar-refractivity contribution in [3.8, 4) is 0 Å². The fourth-order valence-corrected chi connectivity index (χ4v) is 2.65. The van der Waals surface area contributed by atoms with Gasteiger partial charge in [-0.3, -0.25) is 0 Å². The third-order valence-electron chi connectivity index (χ3n) is 3.86. The summed E-state index contributed by atoms with van der Waals surface area (Å²) in [6.45, 7) is 10.3. The van der Waals surface area contributed by atoms with Crippen molar-refractivity contribution in [1.82, 2.24) is 0 Å². The van der Waals surface area contributed by atoms with E-state index in [0.717, 1.165) is 19.3 Å². The minimum atomic E-state index is -0.410. The predicted molar refractivity (Wildman–Crippen MR) is 62.6 cm³/mol. The Morgan fingerprint density at radius 1 is 1.27 bits per heavy atom. The van der Waals surface area contributed by atoms with E-state index < -0.39 is 6.10 Å². The monoisotopic (exact) mass is 214 g/mol. The van der Waals surface area contributed by atoms with Crippen molar-refractivity contribution >= 4 is 0 Å². The van der Waals surface area contributed by atoms with Crippen molar-refractivity contribution in [3.05, 3.63) is 0 Å². The normalized spacial score (nSPS) is 33.8. The molecule has 2 N–H and O–H groups in total. The van der Waals surface area contributed by atoms with E-state index in [1.807, 2.05) is 20.8 Å². The van der Waals surface area contributed by atoms with Gasteiger partial charge in [-0.25, -0.2) is 0 Å². The highest BCUT2D eigenvalue weighted by Gasteiger charge is 2.43. The van der Waals surface area contributed by atoms with E-state index in [0.29, 0.717) is 0 Å². The summed E-state index contributed by atoms with van der Waals surface area (Å²) >= 11 is 0. The average molecular weight is 214 g/mol. The van der Waals surface area contributed by atoms with Crippen LogP contribution in [0.4, 0.5) is 0 Å². The molecule has 2 nitrogen and oxygen atoms in total. The molecule has 0 bridgehead atoms. The van der Waals surface area contributed by atoms with Crippen LogP contribution in [0.1, 0.15) is 53.9 Å². The Morgan fingerprint density at radius 3 is 2.27 bits per heavy atom. The summed E-state index contributed by atoms with van der Waals surface area (Å²) in [6.07, 6.45) is 2.33. The lowest BCUT2D eigenvalue weighted by Gasteiger charge is -2.45. The maximum absolute atomic E-state index is 10.3. The summed E-state index contributed by atoms with van der Waals surface area (Å²) in [7, 11) is 0. The molecule has 3 unspecified atom stereocenters. The molecule has 0 aliphatic heterocycles. The van der Waals surface area contributed by atoms with E-state index in [1.165, 1.54) is 0 Å². The third kappa shape index (κ3) is 2.73. The van der Waals surface area contributed by atoms with Gasteiger partial charge in [-0.05, 0) is 23.7 Å². The fourth-order valence-electron chi connectivity index (χ4n) is 2.65. The van der Waals surface area contributed by atoms with Gasteiger partial charge in [0, 0.05) is 5.92 Å². The van der Waals surface area contributed by atoms with Crippen molar-refractivity contribution in [2.45, 2.75) is 66.1 Å². The molecular formula is C13H26O2. The SMILES string of the molecule is CC(C)(C)C(O)C1CCCC(C)(C)C1O. The maximum atomic E-state index is 10.3. The molecule has 0 aromatic heterocycles. The molecule has 1 aliphatic rings. The van der Waals surface area contributed by atoms with E-state index in [-0.39, 0.29) is 22.9 Å². The van der Waals surface area contributed by atoms with Crippen LogP contribution in [0.2, 0.25) is 0 Å². The summed E-state index contributed by atoms with van der Waals surface area (Å²) in [6, 6.07) is 0. The van der Waals surface area contributed by atoms with Crippen molar-refractivity contribution in [2.75, 3.05) is 0 Å². The minimum Gasteiger partial charge on any atom is -0.392 e. The lowest BCUT2D eigenvalue weighted by Crippen LogP contribution is -2.48. The molecule has 15 heavy (non-hydrogen) atoms. The van der Waals surface area contributed by atoms with Crippen molar-refractivity contribution in [3.63, 3.8) is 0 Å². The Kier molecular flexibility index (Phi) is 3.52. The van der Waals surface area contributed by atoms with Gasteiger partial charge < -0.3 is 10.2 Å². The first-order valence-corrected chi connectivity index (χ1v) is 6.02. The van der Waals surface area contributed by atoms with Crippen LogP contribution in [0.3, 0.4) is 0 Å². The van der Waals surface area contributed by atoms with E-state index in [2.05, 4.69) is 13.8 Å². The molecule has 90 valence electrons. The molecule has 0 amide bonds. The van der Waals surface area contributed by atoms with Crippen LogP contribution in [0.5, 0.6) is 0 Å². The Labute approximate surface area is 93.7 Å². The summed E-state index contributed by atoms with van der Waals surface area (Å²) < 4.78 is 0. The van der Waals surface area contributed by atoms with Crippen LogP contribution < -0.4 is 0 Å². The quantitative estimate of drug-likeness (QED) is 0.704. The van der Waals surface area contributed by atoms with E-state index in [9.17, 15) is 10.2 Å². The number of hydrogen-bond acceptors (Lipinski definition) is 2. The van der Waals surface area contributed by atoms with Crippen LogP contribution in [0, 0.1) is 16.7 Å². The van der Waals surface area contributed by atoms with E-state index >= 15 is 0 Å². The van der Waals surface area contributed by atoms with Gasteiger partial charge in [0.05, 0.1) is 12.2 Å². The molecule has 1 aliphatic carbocycles. The van der Waals surface area contributed by atoms with Crippen LogP contribution in [0.25, 0.3) is 0 Å². The van der Waals surface area contributed by atoms with Gasteiger partial charge >= 0.3 is 0 Å². The van der Waals surface area contributed by atoms with Crippen LogP contribution in [-0.2, 0) is 0 Å². The zero-order valence-corrected chi connectivity index (χ0v) is 10.7. The van der Waals surface area contributed by atoms with Crippen molar-refractivity contribution in [2.24, 2.45) is 16.7 Å². The Morgan fingerprint density at radius 2 is 1.80 bits per heavy atom. The Hall–Kier alpha value is -0.0800. The van der Waals surface area contributed by atoms with Crippen molar-refractivity contribution in [1.29, 1.82) is 0 Å². The van der Waals surface area contributed by atoms with Gasteiger partial charge in [0.15, 0.2) is 0 Å². The van der Waals surface area contributed by atoms with E-state index in [1.54, 1.807) is 0 Å². The number of aliphatic hydroxyl groups is 2. The first-order chi connectivity index (χ1) is 6.66. The lowest BCUT2D eigenvalue weighted by molar-refractivity contribution is -0.107. The molecule has 2 heteroatoms. The summed E-state index contributed by atoms with van der Waals surface area (Å²) in [4.78, 5) is 0. The molecule has 0 spiro atoms. The topological polar surface area (TPSA) is 40.5 Å². The van der Waals surface area contributed by atoms with Gasteiger partial charge in [-0.1, -0.05) is 41.0 Å². The second-order valence-corrected chi connectivity index (χ2v) is 6.80. The highest BCUT2D eigenvalue weighted by Crippen LogP contribution is 2.43. The molecule has 0 aromatic rings. The second-order valence-electron chi connectivity index (χ2n) is 6.80. The zero-order valence-electron chi connectivity index (χ0n) is 10.7. The Balaban J connectivity index is 2.78. The largest absolute Gasteiger partial charge is 0.392 e. The highest BCUT2D eigenvalue weighted by molar-refractivity contribution is 4.94. The van der Waals surface area contributed by atoms with Crippen LogP contribution >= 0.6 is 0 Å². The third-order valence-corrected chi connectivity index (χ3v) is 3.86. The molecule has 1 rings (SSSR count). The fraction of sp³-hybridized carbons (Fsp3) is 1.00. The maximum Gasteiger partial charge on any atom is 0.0644 e. The van der Waals surface area contributed by atoms with Crippen LogP contribution in [-0.4, -0.2) is 22.4 Å². The Bertz CT molecular complexity index is 211. The first kappa shape index (κ1) is 13.0. The lowest BCUT2D eigenvalue weighted by atomic mass is 9.64. The van der Waals surface area contributed by atoms with Gasteiger partial charge in [-0.15, -0.1) is 0 Å². The summed E-state index contributed by atoms with van der Waals surface area (Å²) in [5.74, 6) is 0.0359. The molecule has 0 heterocycles. The van der Waals surface area contributed by atoms with Gasteiger partial charge in [0.25, 0.3) is 0 Å². The first-order valence-electron chi connectivity index (χ1n) is 6.02. The van der Waals surface area contributed by atoms with Gasteiger partial charge in [0.2, 0.25) is 0 Å². The molecule has 1 saturated carbocycles. The molecule has 0 aromatic carbocycles. The molecule has 0 saturated heterocycles. The predicted octanol–water partition coefficient (Wildman–Crippen LogP) is 2.58. The van der Waals surface area contributed by atoms with Gasteiger partial charge in [-0.2, -0.15) is 0 Å². The minimum absolute atomic E-state index is 0.0359. The summed E-state index contributed by atoms with van der Waals surface area (Å²) in [5.41, 5.74) is -0.186. The molecule has 1 fully saturated rings. The number of rotatable bonds is 1. The molecule has 3 atom stereocenters.